The zero-order chi connectivity index (χ0) is 97.0. The molecular formula is C98H102N18O17S3. The van der Waals surface area contributed by atoms with Crippen molar-refractivity contribution in [3.05, 3.63) is 212 Å². The number of fused-ring (bicyclic) bond motifs is 4. The third-order valence-electron chi connectivity index (χ3n) is 22.7. The molecule has 17 rings (SSSR count). The molecule has 8 aromatic carbocycles. The number of benzene rings is 8. The molecule has 1 aliphatic heterocycles. The molecule has 5 heterocycles. The number of ketones is 1. The minimum Gasteiger partial charge on any atom is -0.490 e. The summed E-state index contributed by atoms with van der Waals surface area (Å²) in [5, 5.41) is 57.8. The topological polar surface area (TPSA) is 496 Å². The molecule has 136 heavy (non-hydrogen) atoms. The molecule has 38 heteroatoms. The Balaban J connectivity index is 0.000000145. The average molecular weight is 1900 g/mol. The lowest BCUT2D eigenvalue weighted by atomic mass is 10.0. The Labute approximate surface area is 788 Å². The van der Waals surface area contributed by atoms with Crippen LogP contribution in [0.5, 0.6) is 23.0 Å². The molecule has 2 amide bonds. The number of likely N-dealkylation sites (tertiary alicyclic amines) is 1. The van der Waals surface area contributed by atoms with Crippen molar-refractivity contribution in [2.24, 2.45) is 0 Å². The van der Waals surface area contributed by atoms with Crippen molar-refractivity contribution in [1.82, 2.24) is 69.8 Å². The summed E-state index contributed by atoms with van der Waals surface area (Å²) in [5.41, 5.74) is 14.9. The van der Waals surface area contributed by atoms with Crippen LogP contribution in [0.3, 0.4) is 0 Å². The Morgan fingerprint density at radius 3 is 0.993 bits per heavy atom. The molecule has 0 unspecified atom stereocenters. The number of amides is 2. The number of carbonyl (C=O) groups excluding carboxylic acids is 3. The first kappa shape index (κ1) is 97.8. The smallest absolute Gasteiger partial charge is 0.258 e. The Morgan fingerprint density at radius 1 is 0.426 bits per heavy atom. The molecule has 1 saturated heterocycles. The van der Waals surface area contributed by atoms with Gasteiger partial charge in [-0.2, -0.15) is 41.0 Å². The fraction of sp³-hybridized carbons (Fsp3) is 0.357. The molecule has 12 aromatic rings. The van der Waals surface area contributed by atoms with Crippen molar-refractivity contribution in [2.75, 3.05) is 51.5 Å². The van der Waals surface area contributed by atoms with Crippen molar-refractivity contribution < 1.29 is 76.7 Å². The van der Waals surface area contributed by atoms with Crippen LogP contribution in [0.2, 0.25) is 0 Å². The van der Waals surface area contributed by atoms with Crippen LogP contribution in [0.4, 0.5) is 0 Å². The Hall–Kier alpha value is -14.2. The zero-order valence-corrected chi connectivity index (χ0v) is 79.5. The number of carbonyl (C=O) groups is 3. The maximum atomic E-state index is 12.6. The van der Waals surface area contributed by atoms with Gasteiger partial charge < -0.3 is 47.3 Å². The van der Waals surface area contributed by atoms with Crippen LogP contribution < -0.4 is 38.4 Å². The van der Waals surface area contributed by atoms with E-state index in [0.717, 1.165) is 98.9 Å². The second-order valence-corrected chi connectivity index (χ2v) is 40.0. The number of nitrogens with one attached hydrogen (secondary N) is 4. The Morgan fingerprint density at radius 2 is 0.713 bits per heavy atom. The van der Waals surface area contributed by atoms with Gasteiger partial charge in [-0.1, -0.05) is 93.4 Å². The van der Waals surface area contributed by atoms with Gasteiger partial charge in [-0.3, -0.25) is 19.3 Å². The van der Waals surface area contributed by atoms with Gasteiger partial charge in [-0.15, -0.1) is 0 Å². The molecule has 4 aromatic heterocycles. The van der Waals surface area contributed by atoms with Crippen molar-refractivity contribution in [1.29, 1.82) is 21.0 Å². The molecule has 4 atom stereocenters. The first-order valence-electron chi connectivity index (χ1n) is 44.4. The van der Waals surface area contributed by atoms with Crippen LogP contribution in [-0.4, -0.2) is 169 Å². The normalized spacial score (nSPS) is 15.8. The molecule has 4 aliphatic carbocycles. The summed E-state index contributed by atoms with van der Waals surface area (Å²) in [6.07, 6.45) is 8.72. The van der Waals surface area contributed by atoms with Crippen molar-refractivity contribution in [3.63, 3.8) is 0 Å². The minimum absolute atomic E-state index is 0.00175. The number of Topliss-reactive ketones (excluding diaryl/α,β-unsaturated/α-hetero) is 1. The van der Waals surface area contributed by atoms with Gasteiger partial charge in [0, 0.05) is 76.7 Å². The van der Waals surface area contributed by atoms with Gasteiger partial charge in [-0.25, -0.2) is 39.4 Å². The molecular weight excluding hydrogens is 1800 g/mol. The fourth-order valence-electron chi connectivity index (χ4n) is 16.9. The lowest BCUT2D eigenvalue weighted by Gasteiger charge is -2.18. The van der Waals surface area contributed by atoms with Crippen LogP contribution in [0.25, 0.3) is 91.4 Å². The van der Waals surface area contributed by atoms with E-state index < -0.39 is 65.3 Å². The number of hydrogen-bond donors (Lipinski definition) is 4. The van der Waals surface area contributed by atoms with Crippen molar-refractivity contribution in [3.8, 4) is 139 Å². The quantitative estimate of drug-likeness (QED) is 0.0338. The summed E-state index contributed by atoms with van der Waals surface area (Å²) < 4.78 is 126. The highest BCUT2D eigenvalue weighted by atomic mass is 32.2. The van der Waals surface area contributed by atoms with Crippen LogP contribution in [0, 0.1) is 45.3 Å². The first-order chi connectivity index (χ1) is 65.0. The second-order valence-electron chi connectivity index (χ2n) is 34.7. The molecule has 1 fully saturated rings. The monoisotopic (exact) mass is 1900 g/mol. The summed E-state index contributed by atoms with van der Waals surface area (Å²) in [7, 11) is -7.81. The average Bonchev–Trinajstić information content (AvgIpc) is 1.64. The van der Waals surface area contributed by atoms with E-state index in [0.29, 0.717) is 148 Å². The first-order valence-corrected chi connectivity index (χ1v) is 49.6. The predicted molar refractivity (Wildman–Crippen MR) is 502 cm³/mol. The van der Waals surface area contributed by atoms with E-state index in [1.165, 1.54) is 38.8 Å². The molecule has 5 aliphatic rings. The van der Waals surface area contributed by atoms with E-state index in [1.807, 2.05) is 128 Å². The van der Waals surface area contributed by atoms with Crippen LogP contribution in [-0.2, 0) is 70.1 Å². The summed E-state index contributed by atoms with van der Waals surface area (Å²) in [6, 6.07) is 50.9. The maximum Gasteiger partial charge on any atom is 0.258 e. The van der Waals surface area contributed by atoms with E-state index in [9.17, 15) is 60.7 Å². The van der Waals surface area contributed by atoms with Crippen LogP contribution in [0.1, 0.15) is 192 Å². The number of sulfonamides is 3. The Bertz CT molecular complexity index is 7030. The van der Waals surface area contributed by atoms with E-state index >= 15 is 0 Å². The molecule has 0 bridgehead atoms. The number of ether oxygens (including phenoxy) is 4. The lowest BCUT2D eigenvalue weighted by molar-refractivity contribution is -0.126. The van der Waals surface area contributed by atoms with Gasteiger partial charge in [0.25, 0.3) is 23.6 Å². The molecule has 0 saturated carbocycles. The highest BCUT2D eigenvalue weighted by molar-refractivity contribution is 7.90. The number of rotatable bonds is 29. The van der Waals surface area contributed by atoms with E-state index in [1.54, 1.807) is 66.7 Å². The van der Waals surface area contributed by atoms with Crippen molar-refractivity contribution in [2.45, 2.75) is 175 Å². The third-order valence-corrected chi connectivity index (χ3v) is 26.1. The SMILES string of the molecule is CC(=O)CS(=O)(=O)N[C@H]1CCc2c(-c3noc(-c4ccc(OC(C)C)c(C#N)c4)n3)cccc21.CC(C)Oc1ccc(-c2nc(-c3cccc4c3CC[C@@H]4NS(=O)(=O)CC(=O)N(C)C)no2)cc1C#N.CC(C)Oc1ccc(-c2nc(-c3cccc4c3CC[C@@H]4NS(C)(=O)=O)no2)cc1C#N.CC(C)Oc1ccc(-c2nc(-c3cccc4c3CC[C@H]4NC(=O)CN3CCCC3)no2)cc1C#N. The summed E-state index contributed by atoms with van der Waals surface area (Å²) in [5.74, 6) is 2.86. The van der Waals surface area contributed by atoms with E-state index in [4.69, 9.17) is 37.0 Å². The summed E-state index contributed by atoms with van der Waals surface area (Å²) in [6.45, 7) is 18.9. The van der Waals surface area contributed by atoms with Gasteiger partial charge in [0.1, 0.15) is 64.6 Å². The maximum absolute atomic E-state index is 12.6. The number of nitriles is 4. The standard InChI is InChI=1S/C27H29N5O3.C25H27N5O5S.C24H24N4O5S.C22H22N4O4S/c1-17(2)34-24-11-8-18(14-19(24)15-28)27-30-26(31-35-27)22-7-5-6-21-20(22)9-10-23(21)29-25(33)16-32-12-3-4-13-32;1-15(2)34-22-11-8-16(12-17(22)13-26)25-27-24(28-35-25)20-7-5-6-19-18(20)9-10-21(19)29-36(32,33)14-23(31)30(3)4;1-14(2)32-22-10-7-16(11-17(22)12-25)24-26-23(27-33-24)20-6-4-5-19-18(20)8-9-21(19)28-34(30,31)13-15(3)29;1-13(2)29-20-10-7-14(11-15(20)12-23)22-24-21(25-30-22)18-6-4-5-17-16(18)8-9-19(17)26-31(3,27)28/h5-8,11,14,17,23H,3-4,9-10,12-13,16H2,1-2H3,(H,29,33);5-8,11-12,15,21,29H,9-10,14H2,1-4H3;4-7,10-11,14,21,28H,8-9,13H2,1-3H3;4-7,10-11,13,19,26H,8-9H2,1-3H3/t23-;2*21-;19-/m1000/s1. The van der Waals surface area contributed by atoms with Crippen molar-refractivity contribution >= 4 is 47.7 Å². The molecule has 4 N–H and O–H groups in total. The molecule has 0 radical (unpaired) electrons. The number of nitrogens with zero attached hydrogens (tertiary/aromatic N) is 14. The largest absolute Gasteiger partial charge is 0.490 e. The van der Waals surface area contributed by atoms with E-state index in [-0.39, 0.29) is 54.2 Å². The summed E-state index contributed by atoms with van der Waals surface area (Å²) >= 11 is 0. The molecule has 0 spiro atoms. The highest BCUT2D eigenvalue weighted by Crippen LogP contribution is 2.44. The predicted octanol–water partition coefficient (Wildman–Crippen LogP) is 14.5. The number of hydrogen-bond acceptors (Lipinski definition) is 30. The highest BCUT2D eigenvalue weighted by Gasteiger charge is 2.36. The zero-order valence-electron chi connectivity index (χ0n) is 77.0. The lowest BCUT2D eigenvalue weighted by Crippen LogP contribution is -2.37. The summed E-state index contributed by atoms with van der Waals surface area (Å²) in [4.78, 5) is 57.4. The number of aromatic nitrogens is 8. The second kappa shape index (κ2) is 42.6. The van der Waals surface area contributed by atoms with Gasteiger partial charge in [-0.05, 0) is 257 Å². The van der Waals surface area contributed by atoms with Gasteiger partial charge in [0.15, 0.2) is 0 Å². The fourth-order valence-corrected chi connectivity index (χ4v) is 20.3. The third kappa shape index (κ3) is 23.9. The van der Waals surface area contributed by atoms with Crippen LogP contribution in [0.15, 0.2) is 164 Å². The molecule has 704 valence electrons. The molecule has 35 nitrogen and oxygen atoms in total. The van der Waals surface area contributed by atoms with Gasteiger partial charge in [0.05, 0.1) is 65.5 Å². The van der Waals surface area contributed by atoms with E-state index in [2.05, 4.69) is 95.3 Å². The van der Waals surface area contributed by atoms with Gasteiger partial charge in [0.2, 0.25) is 65.2 Å². The Kier molecular flexibility index (Phi) is 30.6. The van der Waals surface area contributed by atoms with Gasteiger partial charge >= 0.3 is 0 Å². The minimum atomic E-state index is -3.81. The van der Waals surface area contributed by atoms with Crippen LogP contribution >= 0.6 is 0 Å².